The number of para-hydroxylation sites is 1. The van der Waals surface area contributed by atoms with Gasteiger partial charge in [0.05, 0.1) is 0 Å². The van der Waals surface area contributed by atoms with Gasteiger partial charge in [-0.3, -0.25) is 5.43 Å². The summed E-state index contributed by atoms with van der Waals surface area (Å²) in [5.74, 6) is 0. The Balaban J connectivity index is 1.88. The van der Waals surface area contributed by atoms with Crippen LogP contribution in [0.3, 0.4) is 0 Å². The van der Waals surface area contributed by atoms with Crippen LogP contribution < -0.4 is 10.3 Å². The highest BCUT2D eigenvalue weighted by Crippen LogP contribution is 2.14. The Morgan fingerprint density at radius 3 is 2.33 bits per heavy atom. The van der Waals surface area contributed by atoms with E-state index in [9.17, 15) is 0 Å². The van der Waals surface area contributed by atoms with Gasteiger partial charge in [-0.1, -0.05) is 25.1 Å². The van der Waals surface area contributed by atoms with E-state index in [-0.39, 0.29) is 0 Å². The van der Waals surface area contributed by atoms with Crippen LogP contribution in [0.15, 0.2) is 30.3 Å². The molecule has 15 heavy (non-hydrogen) atoms. The fourth-order valence-electron chi connectivity index (χ4n) is 1.99. The quantitative estimate of drug-likeness (QED) is 0.803. The zero-order chi connectivity index (χ0) is 10.5. The molecule has 1 fully saturated rings. The highest BCUT2D eigenvalue weighted by Gasteiger charge is 2.15. The molecule has 0 radical (unpaired) electrons. The van der Waals surface area contributed by atoms with E-state index in [2.05, 4.69) is 52.6 Å². The normalized spacial score (nSPS) is 18.1. The van der Waals surface area contributed by atoms with Gasteiger partial charge in [-0.25, -0.2) is 5.01 Å². The Morgan fingerprint density at radius 2 is 1.73 bits per heavy atom. The molecule has 0 saturated carbocycles. The summed E-state index contributed by atoms with van der Waals surface area (Å²) in [7, 11) is 0. The number of nitrogens with one attached hydrogen (secondary N) is 1. The summed E-state index contributed by atoms with van der Waals surface area (Å²) in [6, 6.07) is 10.6. The summed E-state index contributed by atoms with van der Waals surface area (Å²) in [5.41, 5.74) is 4.70. The first-order valence-electron chi connectivity index (χ1n) is 5.68. The van der Waals surface area contributed by atoms with Crippen molar-refractivity contribution in [3.05, 3.63) is 30.3 Å². The lowest BCUT2D eigenvalue weighted by Gasteiger charge is -2.36. The number of hydrogen-bond donors (Lipinski definition) is 1. The Morgan fingerprint density at radius 1 is 1.07 bits per heavy atom. The minimum atomic E-state index is 1.02. The van der Waals surface area contributed by atoms with E-state index in [4.69, 9.17) is 0 Å². The third-order valence-corrected chi connectivity index (χ3v) is 2.78. The summed E-state index contributed by atoms with van der Waals surface area (Å²) >= 11 is 0. The molecule has 0 atom stereocenters. The fourth-order valence-corrected chi connectivity index (χ4v) is 1.99. The first-order chi connectivity index (χ1) is 7.40. The van der Waals surface area contributed by atoms with Crippen molar-refractivity contribution in [2.45, 2.75) is 6.92 Å². The number of anilines is 1. The molecule has 0 aliphatic carbocycles. The monoisotopic (exact) mass is 205 g/mol. The second-order valence-corrected chi connectivity index (χ2v) is 3.82. The van der Waals surface area contributed by atoms with Crippen LogP contribution in [0.1, 0.15) is 6.92 Å². The number of benzene rings is 1. The molecule has 0 unspecified atom stereocenters. The number of piperazine rings is 1. The lowest BCUT2D eigenvalue weighted by Crippen LogP contribution is -2.51. The van der Waals surface area contributed by atoms with Gasteiger partial charge in [0.15, 0.2) is 0 Å². The van der Waals surface area contributed by atoms with Crippen LogP contribution in [0.5, 0.6) is 0 Å². The maximum absolute atomic E-state index is 3.36. The van der Waals surface area contributed by atoms with Crippen LogP contribution in [0.25, 0.3) is 0 Å². The second kappa shape index (κ2) is 5.14. The largest absolute Gasteiger partial charge is 0.369 e. The van der Waals surface area contributed by atoms with Gasteiger partial charge < -0.3 is 4.90 Å². The molecule has 1 N–H and O–H groups in total. The summed E-state index contributed by atoms with van der Waals surface area (Å²) in [6.07, 6.45) is 0. The molecule has 0 bridgehead atoms. The first-order valence-corrected chi connectivity index (χ1v) is 5.68. The molecule has 3 nitrogen and oxygen atoms in total. The summed E-state index contributed by atoms with van der Waals surface area (Å²) < 4.78 is 0. The predicted molar refractivity (Wildman–Crippen MR) is 63.9 cm³/mol. The average Bonchev–Trinajstić information content (AvgIpc) is 2.32. The van der Waals surface area contributed by atoms with Gasteiger partial charge in [-0.2, -0.15) is 0 Å². The van der Waals surface area contributed by atoms with Gasteiger partial charge >= 0.3 is 0 Å². The molecule has 1 saturated heterocycles. The van der Waals surface area contributed by atoms with Crippen molar-refractivity contribution in [2.75, 3.05) is 37.6 Å². The number of nitrogens with zero attached hydrogens (tertiary/aromatic N) is 2. The molecule has 1 aromatic carbocycles. The number of rotatable bonds is 3. The molecule has 0 spiro atoms. The molecule has 0 amide bonds. The SMILES string of the molecule is CCNN1CCN(c2ccccc2)CC1. The highest BCUT2D eigenvalue weighted by atomic mass is 15.5. The van der Waals surface area contributed by atoms with E-state index in [1.165, 1.54) is 5.69 Å². The summed E-state index contributed by atoms with van der Waals surface area (Å²) in [6.45, 7) is 7.58. The van der Waals surface area contributed by atoms with E-state index < -0.39 is 0 Å². The van der Waals surface area contributed by atoms with Crippen LogP contribution >= 0.6 is 0 Å². The molecule has 2 rings (SSSR count). The van der Waals surface area contributed by atoms with Crippen LogP contribution in [0, 0.1) is 0 Å². The van der Waals surface area contributed by atoms with Crippen LogP contribution in [-0.2, 0) is 0 Å². The number of hydrazine groups is 1. The average molecular weight is 205 g/mol. The topological polar surface area (TPSA) is 18.5 Å². The first kappa shape index (κ1) is 10.5. The molecule has 1 aromatic rings. The second-order valence-electron chi connectivity index (χ2n) is 3.82. The van der Waals surface area contributed by atoms with Gasteiger partial charge in [0.2, 0.25) is 0 Å². The standard InChI is InChI=1S/C12H19N3/c1-2-13-15-10-8-14(9-11-15)12-6-4-3-5-7-12/h3-7,13H,2,8-11H2,1H3. The van der Waals surface area contributed by atoms with E-state index in [0.717, 1.165) is 32.7 Å². The molecular weight excluding hydrogens is 186 g/mol. The van der Waals surface area contributed by atoms with Gasteiger partial charge in [0.25, 0.3) is 0 Å². The summed E-state index contributed by atoms with van der Waals surface area (Å²) in [5, 5.41) is 2.31. The Bertz CT molecular complexity index is 278. The summed E-state index contributed by atoms with van der Waals surface area (Å²) in [4.78, 5) is 2.44. The van der Waals surface area contributed by atoms with E-state index in [1.807, 2.05) is 0 Å². The highest BCUT2D eigenvalue weighted by molar-refractivity contribution is 5.46. The molecule has 82 valence electrons. The zero-order valence-corrected chi connectivity index (χ0v) is 9.32. The van der Waals surface area contributed by atoms with E-state index in [0.29, 0.717) is 0 Å². The Hall–Kier alpha value is -1.06. The maximum atomic E-state index is 3.36. The minimum absolute atomic E-state index is 1.02. The Kier molecular flexibility index (Phi) is 3.59. The predicted octanol–water partition coefficient (Wildman–Crippen LogP) is 1.33. The van der Waals surface area contributed by atoms with Gasteiger partial charge in [0, 0.05) is 38.4 Å². The van der Waals surface area contributed by atoms with Crippen molar-refractivity contribution >= 4 is 5.69 Å². The van der Waals surface area contributed by atoms with E-state index in [1.54, 1.807) is 0 Å². The van der Waals surface area contributed by atoms with Crippen molar-refractivity contribution in [2.24, 2.45) is 0 Å². The van der Waals surface area contributed by atoms with Crippen LogP contribution in [0.2, 0.25) is 0 Å². The van der Waals surface area contributed by atoms with Crippen molar-refractivity contribution in [3.8, 4) is 0 Å². The van der Waals surface area contributed by atoms with Crippen molar-refractivity contribution in [3.63, 3.8) is 0 Å². The third kappa shape index (κ3) is 2.70. The van der Waals surface area contributed by atoms with Crippen LogP contribution in [-0.4, -0.2) is 37.7 Å². The van der Waals surface area contributed by atoms with Crippen molar-refractivity contribution < 1.29 is 0 Å². The van der Waals surface area contributed by atoms with Crippen molar-refractivity contribution in [1.29, 1.82) is 0 Å². The number of hydrogen-bond acceptors (Lipinski definition) is 3. The van der Waals surface area contributed by atoms with E-state index >= 15 is 0 Å². The lowest BCUT2D eigenvalue weighted by molar-refractivity contribution is 0.181. The smallest absolute Gasteiger partial charge is 0.0367 e. The molecule has 1 aliphatic heterocycles. The van der Waals surface area contributed by atoms with Gasteiger partial charge in [-0.05, 0) is 12.1 Å². The zero-order valence-electron chi connectivity index (χ0n) is 9.32. The molecule has 0 aromatic heterocycles. The maximum Gasteiger partial charge on any atom is 0.0367 e. The molecule has 1 aliphatic rings. The fraction of sp³-hybridized carbons (Fsp3) is 0.500. The van der Waals surface area contributed by atoms with Gasteiger partial charge in [-0.15, -0.1) is 0 Å². The molecular formula is C12H19N3. The molecule has 3 heteroatoms. The molecule has 1 heterocycles. The minimum Gasteiger partial charge on any atom is -0.369 e. The third-order valence-electron chi connectivity index (χ3n) is 2.78. The lowest BCUT2D eigenvalue weighted by atomic mass is 10.2. The van der Waals surface area contributed by atoms with Gasteiger partial charge in [0.1, 0.15) is 0 Å². The van der Waals surface area contributed by atoms with Crippen LogP contribution in [0.4, 0.5) is 5.69 Å². The van der Waals surface area contributed by atoms with Crippen molar-refractivity contribution in [1.82, 2.24) is 10.4 Å². The Labute approximate surface area is 91.7 Å².